The van der Waals surface area contributed by atoms with Gasteiger partial charge in [-0.05, 0) is 23.5 Å². The number of hydrogen-bond donors (Lipinski definition) is 2. The second kappa shape index (κ2) is 6.41. The Bertz CT molecular complexity index is 491. The molecule has 5 heteroatoms. The predicted octanol–water partition coefficient (Wildman–Crippen LogP) is 3.40. The van der Waals surface area contributed by atoms with Gasteiger partial charge in [-0.15, -0.1) is 0 Å². The summed E-state index contributed by atoms with van der Waals surface area (Å²) in [5.41, 5.74) is 1.45. The number of para-hydroxylation sites is 1. The molecule has 1 unspecified atom stereocenters. The fourth-order valence-electron chi connectivity index (χ4n) is 1.82. The van der Waals surface area contributed by atoms with E-state index in [1.165, 1.54) is 0 Å². The number of anilines is 1. The van der Waals surface area contributed by atoms with E-state index in [9.17, 15) is 9.59 Å². The van der Waals surface area contributed by atoms with Crippen LogP contribution in [0, 0.1) is 0 Å². The smallest absolute Gasteiger partial charge is 0.412 e. The molecule has 0 bridgehead atoms. The molecule has 20 heavy (non-hydrogen) atoms. The van der Waals surface area contributed by atoms with E-state index in [4.69, 9.17) is 9.84 Å². The minimum absolute atomic E-state index is 0.138. The lowest BCUT2D eigenvalue weighted by atomic mass is 9.86. The second-order valence-electron chi connectivity index (χ2n) is 5.56. The first-order chi connectivity index (χ1) is 9.25. The molecule has 1 aromatic rings. The Morgan fingerprint density at radius 3 is 2.40 bits per heavy atom. The number of aliphatic carboxylic acids is 1. The first-order valence-corrected chi connectivity index (χ1v) is 6.55. The van der Waals surface area contributed by atoms with Crippen LogP contribution in [0.1, 0.15) is 39.7 Å². The predicted molar refractivity (Wildman–Crippen MR) is 77.0 cm³/mol. The minimum Gasteiger partial charge on any atom is -0.479 e. The van der Waals surface area contributed by atoms with E-state index in [1.54, 1.807) is 19.1 Å². The highest BCUT2D eigenvalue weighted by Crippen LogP contribution is 2.29. The first-order valence-electron chi connectivity index (χ1n) is 6.55. The highest BCUT2D eigenvalue weighted by Gasteiger charge is 2.22. The van der Waals surface area contributed by atoms with Gasteiger partial charge >= 0.3 is 12.1 Å². The third-order valence-corrected chi connectivity index (χ3v) is 2.87. The number of carbonyl (C=O) groups is 2. The molecule has 1 aromatic carbocycles. The van der Waals surface area contributed by atoms with Crippen molar-refractivity contribution in [3.63, 3.8) is 0 Å². The van der Waals surface area contributed by atoms with Gasteiger partial charge in [-0.1, -0.05) is 45.9 Å². The fourth-order valence-corrected chi connectivity index (χ4v) is 1.82. The Hall–Kier alpha value is -2.04. The average molecular weight is 279 g/mol. The van der Waals surface area contributed by atoms with Crippen LogP contribution in [-0.4, -0.2) is 23.3 Å². The van der Waals surface area contributed by atoms with Crippen molar-refractivity contribution in [1.82, 2.24) is 0 Å². The number of carbonyl (C=O) groups excluding carboxylic acids is 1. The van der Waals surface area contributed by atoms with E-state index < -0.39 is 18.2 Å². The van der Waals surface area contributed by atoms with Crippen LogP contribution in [0.15, 0.2) is 24.3 Å². The van der Waals surface area contributed by atoms with Crippen LogP contribution in [0.25, 0.3) is 0 Å². The quantitative estimate of drug-likeness (QED) is 0.885. The van der Waals surface area contributed by atoms with Crippen LogP contribution in [0.2, 0.25) is 0 Å². The van der Waals surface area contributed by atoms with Gasteiger partial charge < -0.3 is 9.84 Å². The highest BCUT2D eigenvalue weighted by atomic mass is 16.6. The maximum absolute atomic E-state index is 11.8. The average Bonchev–Trinajstić information content (AvgIpc) is 2.35. The van der Waals surface area contributed by atoms with Crippen molar-refractivity contribution in [2.75, 3.05) is 5.32 Å². The molecule has 0 aliphatic heterocycles. The number of ether oxygens (including phenoxy) is 1. The van der Waals surface area contributed by atoms with Gasteiger partial charge in [-0.25, -0.2) is 9.59 Å². The van der Waals surface area contributed by atoms with Gasteiger partial charge in [-0.2, -0.15) is 0 Å². The van der Waals surface area contributed by atoms with Crippen molar-refractivity contribution >= 4 is 17.7 Å². The monoisotopic (exact) mass is 279 g/mol. The lowest BCUT2D eigenvalue weighted by molar-refractivity contribution is -0.146. The summed E-state index contributed by atoms with van der Waals surface area (Å²) in [6.07, 6.45) is -1.66. The summed E-state index contributed by atoms with van der Waals surface area (Å²) in [5, 5.41) is 11.5. The van der Waals surface area contributed by atoms with Crippen molar-refractivity contribution in [3.8, 4) is 0 Å². The molecule has 5 nitrogen and oxygen atoms in total. The first kappa shape index (κ1) is 16.0. The maximum atomic E-state index is 11.8. The van der Waals surface area contributed by atoms with Gasteiger partial charge in [0.25, 0.3) is 0 Å². The summed E-state index contributed by atoms with van der Waals surface area (Å²) < 4.78 is 4.88. The second-order valence-corrected chi connectivity index (χ2v) is 5.56. The Balaban J connectivity index is 2.84. The van der Waals surface area contributed by atoms with Crippen molar-refractivity contribution in [3.05, 3.63) is 29.8 Å². The van der Waals surface area contributed by atoms with Gasteiger partial charge in [0.2, 0.25) is 0 Å². The molecule has 110 valence electrons. The number of carboxylic acids is 1. The van der Waals surface area contributed by atoms with Crippen LogP contribution in [0.3, 0.4) is 0 Å². The van der Waals surface area contributed by atoms with E-state index >= 15 is 0 Å². The summed E-state index contributed by atoms with van der Waals surface area (Å²) >= 11 is 0. The largest absolute Gasteiger partial charge is 0.479 e. The van der Waals surface area contributed by atoms with Gasteiger partial charge in [-0.3, -0.25) is 5.32 Å². The molecule has 0 aliphatic carbocycles. The molecule has 0 aliphatic rings. The van der Waals surface area contributed by atoms with E-state index in [0.29, 0.717) is 5.69 Å². The van der Waals surface area contributed by atoms with Gasteiger partial charge in [0.05, 0.1) is 0 Å². The van der Waals surface area contributed by atoms with Crippen LogP contribution >= 0.6 is 0 Å². The zero-order chi connectivity index (χ0) is 15.3. The van der Waals surface area contributed by atoms with Crippen LogP contribution in [-0.2, 0) is 14.9 Å². The van der Waals surface area contributed by atoms with E-state index in [0.717, 1.165) is 5.56 Å². The molecule has 0 saturated heterocycles. The molecule has 1 rings (SSSR count). The third kappa shape index (κ3) is 4.26. The highest BCUT2D eigenvalue weighted by molar-refractivity contribution is 5.88. The van der Waals surface area contributed by atoms with Crippen molar-refractivity contribution in [2.24, 2.45) is 0 Å². The topological polar surface area (TPSA) is 75.6 Å². The molecule has 0 radical (unpaired) electrons. The molecule has 0 fully saturated rings. The van der Waals surface area contributed by atoms with Crippen molar-refractivity contribution < 1.29 is 19.4 Å². The maximum Gasteiger partial charge on any atom is 0.412 e. The number of benzene rings is 1. The number of hydrogen-bond acceptors (Lipinski definition) is 3. The third-order valence-electron chi connectivity index (χ3n) is 2.87. The normalized spacial score (nSPS) is 12.6. The summed E-state index contributed by atoms with van der Waals surface area (Å²) in [4.78, 5) is 22.6. The molecule has 0 aromatic heterocycles. The molecule has 0 spiro atoms. The van der Waals surface area contributed by atoms with Crippen LogP contribution in [0.5, 0.6) is 0 Å². The molecular formula is C15H21NO4. The number of nitrogens with one attached hydrogen (secondary N) is 1. The summed E-state index contributed by atoms with van der Waals surface area (Å²) in [6, 6.07) is 7.39. The number of amides is 1. The fraction of sp³-hybridized carbons (Fsp3) is 0.467. The van der Waals surface area contributed by atoms with Crippen molar-refractivity contribution in [1.29, 1.82) is 0 Å². The van der Waals surface area contributed by atoms with Gasteiger partial charge in [0.1, 0.15) is 0 Å². The lowest BCUT2D eigenvalue weighted by Gasteiger charge is -2.23. The lowest BCUT2D eigenvalue weighted by Crippen LogP contribution is -2.29. The molecular weight excluding hydrogens is 258 g/mol. The van der Waals surface area contributed by atoms with Crippen LogP contribution < -0.4 is 5.32 Å². The summed E-state index contributed by atoms with van der Waals surface area (Å²) in [6.45, 7) is 7.75. The SMILES string of the molecule is CCC(OC(=O)Nc1ccccc1C(C)(C)C)C(=O)O. The molecule has 0 heterocycles. The zero-order valence-corrected chi connectivity index (χ0v) is 12.3. The summed E-state index contributed by atoms with van der Waals surface area (Å²) in [7, 11) is 0. The number of carboxylic acid groups (broad SMARTS) is 1. The molecule has 1 atom stereocenters. The van der Waals surface area contributed by atoms with E-state index in [2.05, 4.69) is 5.32 Å². The van der Waals surface area contributed by atoms with E-state index in [-0.39, 0.29) is 11.8 Å². The Labute approximate surface area is 118 Å². The van der Waals surface area contributed by atoms with Gasteiger partial charge in [0, 0.05) is 5.69 Å². The van der Waals surface area contributed by atoms with Crippen LogP contribution in [0.4, 0.5) is 10.5 Å². The molecule has 0 saturated carbocycles. The summed E-state index contributed by atoms with van der Waals surface area (Å²) in [5.74, 6) is -1.15. The standard InChI is InChI=1S/C15H21NO4/c1-5-12(13(17)18)20-14(19)16-11-9-7-6-8-10(11)15(2,3)4/h6-9,12H,5H2,1-4H3,(H,16,19)(H,17,18). The van der Waals surface area contributed by atoms with E-state index in [1.807, 2.05) is 32.9 Å². The van der Waals surface area contributed by atoms with Crippen molar-refractivity contribution in [2.45, 2.75) is 45.6 Å². The number of rotatable bonds is 4. The van der Waals surface area contributed by atoms with Gasteiger partial charge in [0.15, 0.2) is 6.10 Å². The minimum atomic E-state index is -1.15. The zero-order valence-electron chi connectivity index (χ0n) is 12.3. The Kier molecular flexibility index (Phi) is 5.13. The Morgan fingerprint density at radius 1 is 1.30 bits per heavy atom. The molecule has 2 N–H and O–H groups in total. The molecule has 1 amide bonds. The Morgan fingerprint density at radius 2 is 1.90 bits per heavy atom.